The number of pyridine rings is 1. The van der Waals surface area contributed by atoms with Crippen molar-refractivity contribution in [3.8, 4) is 17.1 Å². The van der Waals surface area contributed by atoms with Crippen LogP contribution in [0.1, 0.15) is 10.4 Å². The maximum atomic E-state index is 11.0. The summed E-state index contributed by atoms with van der Waals surface area (Å²) in [5.41, 5.74) is 2.06. The molecule has 0 atom stereocenters. The molecule has 2 aromatic rings. The molecule has 0 aliphatic heterocycles. The molecule has 0 aliphatic carbocycles. The van der Waals surface area contributed by atoms with Gasteiger partial charge in [-0.2, -0.15) is 0 Å². The Kier molecular flexibility index (Phi) is 3.54. The van der Waals surface area contributed by atoms with E-state index in [1.54, 1.807) is 19.2 Å². The van der Waals surface area contributed by atoms with Gasteiger partial charge in [-0.3, -0.25) is 4.79 Å². The Labute approximate surface area is 108 Å². The van der Waals surface area contributed by atoms with Crippen LogP contribution in [0.2, 0.25) is 0 Å². The molecule has 86 valence electrons. The largest absolute Gasteiger partial charge is 0.481 e. The van der Waals surface area contributed by atoms with Crippen molar-refractivity contribution < 1.29 is 9.53 Å². The van der Waals surface area contributed by atoms with Gasteiger partial charge < -0.3 is 4.74 Å². The molecule has 1 heterocycles. The molecule has 1 aromatic carbocycles. The van der Waals surface area contributed by atoms with Crippen LogP contribution >= 0.6 is 15.9 Å². The van der Waals surface area contributed by atoms with Crippen molar-refractivity contribution in [1.82, 2.24) is 4.98 Å². The highest BCUT2D eigenvalue weighted by atomic mass is 79.9. The van der Waals surface area contributed by atoms with Gasteiger partial charge in [0.1, 0.15) is 0 Å². The van der Waals surface area contributed by atoms with Crippen LogP contribution < -0.4 is 4.74 Å². The standard InChI is InChI=1S/C13H10BrNO2/c1-17-12-7-4-10(8-16)13(15-12)9-2-5-11(14)6-3-9/h2-8H,1H3. The number of hydrogen-bond donors (Lipinski definition) is 0. The lowest BCUT2D eigenvalue weighted by Gasteiger charge is -2.06. The lowest BCUT2D eigenvalue weighted by Crippen LogP contribution is -1.95. The Balaban J connectivity index is 2.55. The zero-order valence-electron chi connectivity index (χ0n) is 9.18. The van der Waals surface area contributed by atoms with Crippen LogP contribution in [0.15, 0.2) is 40.9 Å². The molecule has 0 bridgehead atoms. The number of nitrogens with zero attached hydrogens (tertiary/aromatic N) is 1. The molecule has 0 aliphatic rings. The van der Waals surface area contributed by atoms with Crippen molar-refractivity contribution in [2.75, 3.05) is 7.11 Å². The van der Waals surface area contributed by atoms with Gasteiger partial charge in [-0.05, 0) is 18.2 Å². The fourth-order valence-corrected chi connectivity index (χ4v) is 1.76. The average Bonchev–Trinajstić information content (AvgIpc) is 2.39. The lowest BCUT2D eigenvalue weighted by molar-refractivity contribution is 0.112. The van der Waals surface area contributed by atoms with E-state index in [2.05, 4.69) is 20.9 Å². The number of benzene rings is 1. The van der Waals surface area contributed by atoms with E-state index in [4.69, 9.17) is 4.74 Å². The van der Waals surface area contributed by atoms with Crippen LogP contribution in [0.4, 0.5) is 0 Å². The molecule has 2 rings (SSSR count). The van der Waals surface area contributed by atoms with Gasteiger partial charge in [0.15, 0.2) is 6.29 Å². The fraction of sp³-hybridized carbons (Fsp3) is 0.0769. The van der Waals surface area contributed by atoms with Crippen molar-refractivity contribution in [2.24, 2.45) is 0 Å². The molecule has 0 spiro atoms. The predicted octanol–water partition coefficient (Wildman–Crippen LogP) is 3.33. The smallest absolute Gasteiger partial charge is 0.213 e. The zero-order chi connectivity index (χ0) is 12.3. The van der Waals surface area contributed by atoms with Crippen LogP contribution in [0.25, 0.3) is 11.3 Å². The van der Waals surface area contributed by atoms with Gasteiger partial charge in [0, 0.05) is 21.7 Å². The summed E-state index contributed by atoms with van der Waals surface area (Å²) >= 11 is 3.37. The Morgan fingerprint density at radius 2 is 1.88 bits per heavy atom. The number of rotatable bonds is 3. The predicted molar refractivity (Wildman–Crippen MR) is 69.3 cm³/mol. The Bertz CT molecular complexity index is 538. The zero-order valence-corrected chi connectivity index (χ0v) is 10.8. The van der Waals surface area contributed by atoms with E-state index in [9.17, 15) is 4.79 Å². The molecule has 0 radical (unpaired) electrons. The molecular weight excluding hydrogens is 282 g/mol. The van der Waals surface area contributed by atoms with Crippen molar-refractivity contribution in [3.05, 3.63) is 46.4 Å². The molecular formula is C13H10BrNO2. The van der Waals surface area contributed by atoms with Gasteiger partial charge in [-0.1, -0.05) is 28.1 Å². The second-order valence-electron chi connectivity index (χ2n) is 3.42. The van der Waals surface area contributed by atoms with Crippen LogP contribution in [-0.2, 0) is 0 Å². The molecule has 4 heteroatoms. The molecule has 1 aromatic heterocycles. The van der Waals surface area contributed by atoms with Gasteiger partial charge in [0.2, 0.25) is 5.88 Å². The molecule has 0 saturated heterocycles. The third-order valence-corrected chi connectivity index (χ3v) is 2.88. The van der Waals surface area contributed by atoms with Crippen molar-refractivity contribution in [2.45, 2.75) is 0 Å². The summed E-state index contributed by atoms with van der Waals surface area (Å²) in [4.78, 5) is 15.3. The van der Waals surface area contributed by atoms with Gasteiger partial charge in [0.05, 0.1) is 12.8 Å². The average molecular weight is 292 g/mol. The summed E-state index contributed by atoms with van der Waals surface area (Å²) < 4.78 is 6.05. The Morgan fingerprint density at radius 1 is 1.18 bits per heavy atom. The summed E-state index contributed by atoms with van der Waals surface area (Å²) in [6, 6.07) is 11.0. The van der Waals surface area contributed by atoms with E-state index in [0.717, 1.165) is 16.3 Å². The van der Waals surface area contributed by atoms with E-state index in [1.165, 1.54) is 0 Å². The van der Waals surface area contributed by atoms with Crippen LogP contribution in [0, 0.1) is 0 Å². The van der Waals surface area contributed by atoms with Crippen LogP contribution in [-0.4, -0.2) is 18.4 Å². The minimum absolute atomic E-state index is 0.494. The lowest BCUT2D eigenvalue weighted by atomic mass is 10.1. The maximum Gasteiger partial charge on any atom is 0.213 e. The molecule has 0 amide bonds. The summed E-state index contributed by atoms with van der Waals surface area (Å²) in [7, 11) is 1.55. The first kappa shape index (κ1) is 11.8. The first-order valence-corrected chi connectivity index (χ1v) is 5.80. The van der Waals surface area contributed by atoms with Gasteiger partial charge in [-0.15, -0.1) is 0 Å². The molecule has 0 N–H and O–H groups in total. The monoisotopic (exact) mass is 291 g/mol. The number of aromatic nitrogens is 1. The van der Waals surface area contributed by atoms with Crippen molar-refractivity contribution in [3.63, 3.8) is 0 Å². The van der Waals surface area contributed by atoms with Crippen molar-refractivity contribution in [1.29, 1.82) is 0 Å². The number of aldehydes is 1. The molecule has 17 heavy (non-hydrogen) atoms. The van der Waals surface area contributed by atoms with Crippen LogP contribution in [0.5, 0.6) is 5.88 Å². The fourth-order valence-electron chi connectivity index (χ4n) is 1.50. The van der Waals surface area contributed by atoms with Crippen molar-refractivity contribution >= 4 is 22.2 Å². The first-order chi connectivity index (χ1) is 8.24. The van der Waals surface area contributed by atoms with Gasteiger partial charge >= 0.3 is 0 Å². The third kappa shape index (κ3) is 2.53. The molecule has 0 fully saturated rings. The van der Waals surface area contributed by atoms with E-state index in [-0.39, 0.29) is 0 Å². The molecule has 0 unspecified atom stereocenters. The second-order valence-corrected chi connectivity index (χ2v) is 4.33. The maximum absolute atomic E-state index is 11.0. The summed E-state index contributed by atoms with van der Waals surface area (Å²) in [5.74, 6) is 0.494. The Hall–Kier alpha value is -1.68. The Morgan fingerprint density at radius 3 is 2.47 bits per heavy atom. The third-order valence-electron chi connectivity index (χ3n) is 2.35. The highest BCUT2D eigenvalue weighted by Crippen LogP contribution is 2.24. The minimum atomic E-state index is 0.494. The highest BCUT2D eigenvalue weighted by Gasteiger charge is 2.08. The van der Waals surface area contributed by atoms with Gasteiger partial charge in [0.25, 0.3) is 0 Å². The topological polar surface area (TPSA) is 39.2 Å². The normalized spacial score (nSPS) is 10.0. The SMILES string of the molecule is COc1ccc(C=O)c(-c2ccc(Br)cc2)n1. The quantitative estimate of drug-likeness (QED) is 0.814. The van der Waals surface area contributed by atoms with E-state index in [0.29, 0.717) is 17.1 Å². The summed E-state index contributed by atoms with van der Waals surface area (Å²) in [5, 5.41) is 0. The number of halogens is 1. The molecule has 0 saturated carbocycles. The first-order valence-electron chi connectivity index (χ1n) is 5.00. The van der Waals surface area contributed by atoms with E-state index < -0.39 is 0 Å². The number of methoxy groups -OCH3 is 1. The van der Waals surface area contributed by atoms with Crippen LogP contribution in [0.3, 0.4) is 0 Å². The summed E-state index contributed by atoms with van der Waals surface area (Å²) in [6.45, 7) is 0. The van der Waals surface area contributed by atoms with Gasteiger partial charge in [-0.25, -0.2) is 4.98 Å². The van der Waals surface area contributed by atoms with E-state index in [1.807, 2.05) is 24.3 Å². The number of ether oxygens (including phenoxy) is 1. The minimum Gasteiger partial charge on any atom is -0.481 e. The van der Waals surface area contributed by atoms with E-state index >= 15 is 0 Å². The second kappa shape index (κ2) is 5.10. The number of carbonyl (C=O) groups excluding carboxylic acids is 1. The highest BCUT2D eigenvalue weighted by molar-refractivity contribution is 9.10. The molecule has 3 nitrogen and oxygen atoms in total. The summed E-state index contributed by atoms with van der Waals surface area (Å²) in [6.07, 6.45) is 0.795. The number of carbonyl (C=O) groups is 1. The number of hydrogen-bond acceptors (Lipinski definition) is 3.